The monoisotopic (exact) mass is 266 g/mol. The van der Waals surface area contributed by atoms with Crippen LogP contribution in [-0.2, 0) is 11.3 Å². The Morgan fingerprint density at radius 3 is 2.68 bits per heavy atom. The molecule has 5 nitrogen and oxygen atoms in total. The summed E-state index contributed by atoms with van der Waals surface area (Å²) >= 11 is 0. The topological polar surface area (TPSA) is 73.6 Å². The minimum atomic E-state index is -0.505. The number of hydrogen-bond donors (Lipinski definition) is 2. The van der Waals surface area contributed by atoms with Gasteiger partial charge >= 0.3 is 0 Å². The van der Waals surface area contributed by atoms with E-state index in [1.807, 2.05) is 25.1 Å². The Hall–Kier alpha value is -1.75. The number of nitrogens with one attached hydrogen (secondary N) is 1. The van der Waals surface area contributed by atoms with Crippen LogP contribution in [0.25, 0.3) is 0 Å². The summed E-state index contributed by atoms with van der Waals surface area (Å²) in [6.45, 7) is 7.06. The van der Waals surface area contributed by atoms with Crippen molar-refractivity contribution in [3.8, 4) is 11.5 Å². The standard InChI is InChI=1S/C14H22N2O3/c1-4-18-12-7-5-6-11(8-16-10(2)3)14(12)19-9-13(15)17/h5-7,10,16H,4,8-9H2,1-3H3,(H2,15,17). The fourth-order valence-corrected chi connectivity index (χ4v) is 1.59. The Kier molecular flexibility index (Phi) is 6.15. The Morgan fingerprint density at radius 2 is 2.11 bits per heavy atom. The summed E-state index contributed by atoms with van der Waals surface area (Å²) in [5.41, 5.74) is 6.06. The summed E-state index contributed by atoms with van der Waals surface area (Å²) in [5, 5.41) is 3.31. The van der Waals surface area contributed by atoms with Crippen molar-refractivity contribution in [1.29, 1.82) is 0 Å². The van der Waals surface area contributed by atoms with Gasteiger partial charge in [-0.15, -0.1) is 0 Å². The van der Waals surface area contributed by atoms with Crippen LogP contribution in [-0.4, -0.2) is 25.2 Å². The van der Waals surface area contributed by atoms with E-state index in [1.54, 1.807) is 0 Å². The van der Waals surface area contributed by atoms with Crippen molar-refractivity contribution in [3.63, 3.8) is 0 Å². The predicted octanol–water partition coefficient (Wildman–Crippen LogP) is 1.45. The van der Waals surface area contributed by atoms with Gasteiger partial charge in [0.2, 0.25) is 0 Å². The lowest BCUT2D eigenvalue weighted by Crippen LogP contribution is -2.24. The van der Waals surface area contributed by atoms with Gasteiger partial charge in [0.25, 0.3) is 5.91 Å². The number of carbonyl (C=O) groups excluding carboxylic acids is 1. The molecule has 19 heavy (non-hydrogen) atoms. The molecule has 0 fully saturated rings. The van der Waals surface area contributed by atoms with Gasteiger partial charge in [-0.05, 0) is 13.0 Å². The number of rotatable bonds is 8. The Morgan fingerprint density at radius 1 is 1.37 bits per heavy atom. The summed E-state index contributed by atoms with van der Waals surface area (Å²) in [4.78, 5) is 10.9. The van der Waals surface area contributed by atoms with Gasteiger partial charge in [-0.25, -0.2) is 0 Å². The first kappa shape index (κ1) is 15.3. The summed E-state index contributed by atoms with van der Waals surface area (Å²) in [6, 6.07) is 6.02. The summed E-state index contributed by atoms with van der Waals surface area (Å²) in [7, 11) is 0. The van der Waals surface area contributed by atoms with Gasteiger partial charge in [0.15, 0.2) is 18.1 Å². The molecular formula is C14H22N2O3. The van der Waals surface area contributed by atoms with Crippen LogP contribution in [0, 0.1) is 0 Å². The minimum absolute atomic E-state index is 0.154. The fourth-order valence-electron chi connectivity index (χ4n) is 1.59. The molecule has 1 amide bonds. The van der Waals surface area contributed by atoms with Crippen LogP contribution >= 0.6 is 0 Å². The molecule has 0 saturated carbocycles. The molecule has 0 heterocycles. The van der Waals surface area contributed by atoms with Gasteiger partial charge in [-0.1, -0.05) is 26.0 Å². The number of benzene rings is 1. The van der Waals surface area contributed by atoms with Gasteiger partial charge in [0, 0.05) is 18.2 Å². The van der Waals surface area contributed by atoms with Gasteiger partial charge in [0.05, 0.1) is 6.61 Å². The third-order valence-electron chi connectivity index (χ3n) is 2.42. The number of hydrogen-bond acceptors (Lipinski definition) is 4. The summed E-state index contributed by atoms with van der Waals surface area (Å²) < 4.78 is 11.0. The lowest BCUT2D eigenvalue weighted by Gasteiger charge is -2.16. The Balaban J connectivity index is 2.92. The Bertz CT molecular complexity index is 419. The zero-order valence-corrected chi connectivity index (χ0v) is 11.7. The average Bonchev–Trinajstić information content (AvgIpc) is 2.35. The van der Waals surface area contributed by atoms with E-state index in [4.69, 9.17) is 15.2 Å². The van der Waals surface area contributed by atoms with Crippen molar-refractivity contribution >= 4 is 5.91 Å². The normalized spacial score (nSPS) is 10.5. The van der Waals surface area contributed by atoms with Gasteiger partial charge in [-0.2, -0.15) is 0 Å². The van der Waals surface area contributed by atoms with Crippen molar-refractivity contribution in [2.75, 3.05) is 13.2 Å². The number of carbonyl (C=O) groups is 1. The zero-order valence-electron chi connectivity index (χ0n) is 11.7. The van der Waals surface area contributed by atoms with Crippen LogP contribution < -0.4 is 20.5 Å². The number of para-hydroxylation sites is 1. The summed E-state index contributed by atoms with van der Waals surface area (Å²) in [5.74, 6) is 0.706. The van der Waals surface area contributed by atoms with Crippen LogP contribution in [0.1, 0.15) is 26.3 Å². The van der Waals surface area contributed by atoms with Crippen LogP contribution in [0.3, 0.4) is 0 Å². The maximum Gasteiger partial charge on any atom is 0.255 e. The van der Waals surface area contributed by atoms with Crippen molar-refractivity contribution < 1.29 is 14.3 Å². The molecule has 0 bridgehead atoms. The highest BCUT2D eigenvalue weighted by Gasteiger charge is 2.12. The first-order valence-corrected chi connectivity index (χ1v) is 6.43. The number of amides is 1. The molecule has 0 aromatic heterocycles. The van der Waals surface area contributed by atoms with E-state index < -0.39 is 5.91 Å². The highest BCUT2D eigenvalue weighted by atomic mass is 16.5. The molecule has 0 unspecified atom stereocenters. The van der Waals surface area contributed by atoms with Gasteiger partial charge < -0.3 is 20.5 Å². The molecule has 1 aromatic rings. The van der Waals surface area contributed by atoms with Crippen molar-refractivity contribution in [3.05, 3.63) is 23.8 Å². The van der Waals surface area contributed by atoms with Crippen LogP contribution in [0.4, 0.5) is 0 Å². The summed E-state index contributed by atoms with van der Waals surface area (Å²) in [6.07, 6.45) is 0. The van der Waals surface area contributed by atoms with E-state index in [0.717, 1.165) is 5.56 Å². The lowest BCUT2D eigenvalue weighted by molar-refractivity contribution is -0.119. The fraction of sp³-hybridized carbons (Fsp3) is 0.500. The predicted molar refractivity (Wildman–Crippen MR) is 74.3 cm³/mol. The molecule has 0 saturated heterocycles. The number of nitrogens with two attached hydrogens (primary N) is 1. The van der Waals surface area contributed by atoms with E-state index >= 15 is 0 Å². The Labute approximate surface area is 114 Å². The second-order valence-electron chi connectivity index (χ2n) is 4.47. The quantitative estimate of drug-likeness (QED) is 0.747. The maximum absolute atomic E-state index is 10.9. The van der Waals surface area contributed by atoms with E-state index in [9.17, 15) is 4.79 Å². The van der Waals surface area contributed by atoms with E-state index in [1.165, 1.54) is 0 Å². The molecule has 0 aliphatic carbocycles. The molecule has 0 aliphatic heterocycles. The molecular weight excluding hydrogens is 244 g/mol. The van der Waals surface area contributed by atoms with Crippen molar-refractivity contribution in [2.24, 2.45) is 5.73 Å². The second-order valence-corrected chi connectivity index (χ2v) is 4.47. The largest absolute Gasteiger partial charge is 0.490 e. The maximum atomic E-state index is 10.9. The minimum Gasteiger partial charge on any atom is -0.490 e. The number of ether oxygens (including phenoxy) is 2. The van der Waals surface area contributed by atoms with Crippen LogP contribution in [0.15, 0.2) is 18.2 Å². The first-order valence-electron chi connectivity index (χ1n) is 6.43. The second kappa shape index (κ2) is 7.63. The van der Waals surface area contributed by atoms with E-state index in [2.05, 4.69) is 19.2 Å². The first-order chi connectivity index (χ1) is 9.04. The van der Waals surface area contributed by atoms with Gasteiger partial charge in [-0.3, -0.25) is 4.79 Å². The van der Waals surface area contributed by atoms with E-state index in [0.29, 0.717) is 30.7 Å². The van der Waals surface area contributed by atoms with Crippen molar-refractivity contribution in [1.82, 2.24) is 5.32 Å². The molecule has 5 heteroatoms. The molecule has 3 N–H and O–H groups in total. The van der Waals surface area contributed by atoms with Gasteiger partial charge in [0.1, 0.15) is 0 Å². The average molecular weight is 266 g/mol. The molecule has 1 aromatic carbocycles. The highest BCUT2D eigenvalue weighted by molar-refractivity contribution is 5.75. The third-order valence-corrected chi connectivity index (χ3v) is 2.42. The smallest absolute Gasteiger partial charge is 0.255 e. The molecule has 0 atom stereocenters. The van der Waals surface area contributed by atoms with Crippen molar-refractivity contribution in [2.45, 2.75) is 33.4 Å². The molecule has 106 valence electrons. The molecule has 0 radical (unpaired) electrons. The number of primary amides is 1. The third kappa shape index (κ3) is 5.18. The highest BCUT2D eigenvalue weighted by Crippen LogP contribution is 2.31. The molecule has 1 rings (SSSR count). The molecule has 0 aliphatic rings. The van der Waals surface area contributed by atoms with Crippen LogP contribution in [0.2, 0.25) is 0 Å². The van der Waals surface area contributed by atoms with Crippen LogP contribution in [0.5, 0.6) is 11.5 Å². The SMILES string of the molecule is CCOc1cccc(CNC(C)C)c1OCC(N)=O. The van der Waals surface area contributed by atoms with E-state index in [-0.39, 0.29) is 6.61 Å². The molecule has 0 spiro atoms. The lowest BCUT2D eigenvalue weighted by atomic mass is 10.1. The zero-order chi connectivity index (χ0) is 14.3.